The van der Waals surface area contributed by atoms with Crippen molar-refractivity contribution in [2.75, 3.05) is 6.54 Å². The van der Waals surface area contributed by atoms with E-state index in [0.717, 1.165) is 5.56 Å². The van der Waals surface area contributed by atoms with E-state index in [4.69, 9.17) is 0 Å². The van der Waals surface area contributed by atoms with Gasteiger partial charge in [0.2, 0.25) is 0 Å². The standard InChI is InChI=1S/C17H20FN3O2/c1-11(2)20-9-15(19-10-20)17(23)21-8-14(22)7-16(21)12-3-5-13(18)6-4-12/h3-6,9-11,14,16,22H,7-8H2,1-2H3. The zero-order chi connectivity index (χ0) is 16.6. The van der Waals surface area contributed by atoms with Crippen molar-refractivity contribution in [2.45, 2.75) is 38.5 Å². The number of halogens is 1. The molecule has 1 aromatic carbocycles. The molecule has 0 spiro atoms. The van der Waals surface area contributed by atoms with Gasteiger partial charge in [0.05, 0.1) is 18.5 Å². The Morgan fingerprint density at radius 3 is 2.65 bits per heavy atom. The van der Waals surface area contributed by atoms with Crippen LogP contribution in [0.2, 0.25) is 0 Å². The first-order chi connectivity index (χ1) is 11.0. The second kappa shape index (κ2) is 6.12. The number of aromatic nitrogens is 2. The van der Waals surface area contributed by atoms with Crippen LogP contribution in [0.5, 0.6) is 0 Å². The number of likely N-dealkylation sites (tertiary alicyclic amines) is 1. The number of nitrogens with zero attached hydrogens (tertiary/aromatic N) is 3. The molecule has 1 fully saturated rings. The molecule has 0 aliphatic carbocycles. The van der Waals surface area contributed by atoms with Gasteiger partial charge in [-0.15, -0.1) is 0 Å². The number of imidazole rings is 1. The lowest BCUT2D eigenvalue weighted by molar-refractivity contribution is 0.0710. The fourth-order valence-corrected chi connectivity index (χ4v) is 2.92. The Labute approximate surface area is 134 Å². The summed E-state index contributed by atoms with van der Waals surface area (Å²) in [7, 11) is 0. The van der Waals surface area contributed by atoms with Gasteiger partial charge in [-0.1, -0.05) is 12.1 Å². The largest absolute Gasteiger partial charge is 0.391 e. The number of rotatable bonds is 3. The van der Waals surface area contributed by atoms with E-state index in [1.165, 1.54) is 12.1 Å². The highest BCUT2D eigenvalue weighted by Gasteiger charge is 2.36. The lowest BCUT2D eigenvalue weighted by Gasteiger charge is -2.24. The minimum Gasteiger partial charge on any atom is -0.391 e. The van der Waals surface area contributed by atoms with Crippen LogP contribution in [0.1, 0.15) is 48.4 Å². The first-order valence-electron chi connectivity index (χ1n) is 7.73. The topological polar surface area (TPSA) is 58.4 Å². The number of carbonyl (C=O) groups is 1. The molecule has 2 unspecified atom stereocenters. The molecule has 1 N–H and O–H groups in total. The molecule has 1 aliphatic heterocycles. The second-order valence-electron chi connectivity index (χ2n) is 6.21. The van der Waals surface area contributed by atoms with Crippen molar-refractivity contribution >= 4 is 5.91 Å². The van der Waals surface area contributed by atoms with Gasteiger partial charge in [-0.05, 0) is 38.0 Å². The van der Waals surface area contributed by atoms with Crippen LogP contribution in [0.4, 0.5) is 4.39 Å². The predicted octanol–water partition coefficient (Wildman–Crippen LogP) is 2.55. The maximum Gasteiger partial charge on any atom is 0.274 e. The van der Waals surface area contributed by atoms with E-state index in [9.17, 15) is 14.3 Å². The quantitative estimate of drug-likeness (QED) is 0.946. The zero-order valence-corrected chi connectivity index (χ0v) is 13.2. The van der Waals surface area contributed by atoms with E-state index in [1.807, 2.05) is 18.4 Å². The Hall–Kier alpha value is -2.21. The fourth-order valence-electron chi connectivity index (χ4n) is 2.92. The van der Waals surface area contributed by atoms with E-state index in [-0.39, 0.29) is 30.4 Å². The summed E-state index contributed by atoms with van der Waals surface area (Å²) < 4.78 is 15.0. The molecule has 23 heavy (non-hydrogen) atoms. The van der Waals surface area contributed by atoms with Crippen molar-refractivity contribution in [3.8, 4) is 0 Å². The molecule has 122 valence electrons. The highest BCUT2D eigenvalue weighted by molar-refractivity contribution is 5.92. The average Bonchev–Trinajstić information content (AvgIpc) is 3.14. The number of aliphatic hydroxyl groups excluding tert-OH is 1. The summed E-state index contributed by atoms with van der Waals surface area (Å²) in [6.45, 7) is 4.28. The van der Waals surface area contributed by atoms with Gasteiger partial charge >= 0.3 is 0 Å². The van der Waals surface area contributed by atoms with Gasteiger partial charge in [0.25, 0.3) is 5.91 Å². The van der Waals surface area contributed by atoms with Gasteiger partial charge in [0.1, 0.15) is 11.5 Å². The van der Waals surface area contributed by atoms with E-state index in [0.29, 0.717) is 12.1 Å². The number of benzene rings is 1. The van der Waals surface area contributed by atoms with Gasteiger partial charge in [0.15, 0.2) is 0 Å². The third-order valence-corrected chi connectivity index (χ3v) is 4.21. The number of hydrogen-bond donors (Lipinski definition) is 1. The van der Waals surface area contributed by atoms with Crippen LogP contribution in [0.15, 0.2) is 36.8 Å². The summed E-state index contributed by atoms with van der Waals surface area (Å²) in [5, 5.41) is 9.98. The van der Waals surface area contributed by atoms with Crippen LogP contribution in [-0.2, 0) is 0 Å². The van der Waals surface area contributed by atoms with E-state index >= 15 is 0 Å². The number of hydrogen-bond acceptors (Lipinski definition) is 3. The number of β-amino-alcohol motifs (C(OH)–C–C–N with tert-alkyl or cyclic N) is 1. The molecule has 1 aliphatic rings. The SMILES string of the molecule is CC(C)n1cnc(C(=O)N2CC(O)CC2c2ccc(F)cc2)c1. The molecule has 1 saturated heterocycles. The number of amides is 1. The van der Waals surface area contributed by atoms with Gasteiger partial charge in [0, 0.05) is 18.8 Å². The van der Waals surface area contributed by atoms with Crippen molar-refractivity contribution in [1.29, 1.82) is 0 Å². The molecular formula is C17H20FN3O2. The molecule has 2 atom stereocenters. The monoisotopic (exact) mass is 317 g/mol. The summed E-state index contributed by atoms with van der Waals surface area (Å²) in [5.41, 5.74) is 1.18. The highest BCUT2D eigenvalue weighted by Crippen LogP contribution is 2.33. The van der Waals surface area contributed by atoms with Gasteiger partial charge in [-0.25, -0.2) is 9.37 Å². The van der Waals surface area contributed by atoms with Crippen LogP contribution in [0, 0.1) is 5.82 Å². The average molecular weight is 317 g/mol. The Morgan fingerprint density at radius 2 is 2.04 bits per heavy atom. The Kier molecular flexibility index (Phi) is 4.17. The van der Waals surface area contributed by atoms with Crippen molar-refractivity contribution in [2.24, 2.45) is 0 Å². The first-order valence-corrected chi connectivity index (χ1v) is 7.73. The van der Waals surface area contributed by atoms with Crippen molar-refractivity contribution < 1.29 is 14.3 Å². The molecular weight excluding hydrogens is 297 g/mol. The van der Waals surface area contributed by atoms with Gasteiger partial charge < -0.3 is 14.6 Å². The summed E-state index contributed by atoms with van der Waals surface area (Å²) in [6, 6.07) is 6.02. The number of carbonyl (C=O) groups excluding carboxylic acids is 1. The van der Waals surface area contributed by atoms with Crippen LogP contribution < -0.4 is 0 Å². The molecule has 2 heterocycles. The Morgan fingerprint density at radius 1 is 1.35 bits per heavy atom. The minimum absolute atomic E-state index is 0.213. The minimum atomic E-state index is -0.582. The van der Waals surface area contributed by atoms with Gasteiger partial charge in [-0.2, -0.15) is 0 Å². The zero-order valence-electron chi connectivity index (χ0n) is 13.2. The van der Waals surface area contributed by atoms with Crippen molar-refractivity contribution in [1.82, 2.24) is 14.5 Å². The molecule has 0 radical (unpaired) electrons. The molecule has 1 amide bonds. The molecule has 5 nitrogen and oxygen atoms in total. The summed E-state index contributed by atoms with van der Waals surface area (Å²) >= 11 is 0. The molecule has 2 aromatic rings. The number of aliphatic hydroxyl groups is 1. The van der Waals surface area contributed by atoms with E-state index in [1.54, 1.807) is 29.6 Å². The van der Waals surface area contributed by atoms with Crippen LogP contribution in [0.25, 0.3) is 0 Å². The maximum absolute atomic E-state index is 13.1. The normalized spacial score (nSPS) is 21.2. The molecule has 6 heteroatoms. The predicted molar refractivity (Wildman–Crippen MR) is 83.4 cm³/mol. The molecule has 0 saturated carbocycles. The Balaban J connectivity index is 1.86. The molecule has 0 bridgehead atoms. The second-order valence-corrected chi connectivity index (χ2v) is 6.21. The lowest BCUT2D eigenvalue weighted by Crippen LogP contribution is -2.32. The third kappa shape index (κ3) is 3.12. The van der Waals surface area contributed by atoms with Crippen molar-refractivity contribution in [3.63, 3.8) is 0 Å². The Bertz CT molecular complexity index is 696. The van der Waals surface area contributed by atoms with E-state index in [2.05, 4.69) is 4.98 Å². The summed E-state index contributed by atoms with van der Waals surface area (Å²) in [5.74, 6) is -0.531. The van der Waals surface area contributed by atoms with Gasteiger partial charge in [-0.3, -0.25) is 4.79 Å². The van der Waals surface area contributed by atoms with Crippen LogP contribution >= 0.6 is 0 Å². The molecule has 1 aromatic heterocycles. The fraction of sp³-hybridized carbons (Fsp3) is 0.412. The highest BCUT2D eigenvalue weighted by atomic mass is 19.1. The maximum atomic E-state index is 13.1. The van der Waals surface area contributed by atoms with Crippen LogP contribution in [0.3, 0.4) is 0 Å². The summed E-state index contributed by atoms with van der Waals surface area (Å²) in [6.07, 6.45) is 3.22. The van der Waals surface area contributed by atoms with E-state index < -0.39 is 6.10 Å². The smallest absolute Gasteiger partial charge is 0.274 e. The van der Waals surface area contributed by atoms with Crippen molar-refractivity contribution in [3.05, 3.63) is 53.9 Å². The third-order valence-electron chi connectivity index (χ3n) is 4.21. The summed E-state index contributed by atoms with van der Waals surface area (Å²) in [4.78, 5) is 18.5. The van der Waals surface area contributed by atoms with Crippen LogP contribution in [-0.4, -0.2) is 38.1 Å². The first kappa shape index (κ1) is 15.7. The molecule has 3 rings (SSSR count). The lowest BCUT2D eigenvalue weighted by atomic mass is 10.0.